The van der Waals surface area contributed by atoms with Crippen molar-refractivity contribution in [2.75, 3.05) is 5.32 Å². The van der Waals surface area contributed by atoms with Crippen LogP contribution in [0.3, 0.4) is 0 Å². The summed E-state index contributed by atoms with van der Waals surface area (Å²) in [4.78, 5) is 14.1. The summed E-state index contributed by atoms with van der Waals surface area (Å²) in [5.74, 6) is 1.27. The lowest BCUT2D eigenvalue weighted by Gasteiger charge is -2.25. The van der Waals surface area contributed by atoms with Crippen molar-refractivity contribution in [2.24, 2.45) is 5.92 Å². The first-order valence-corrected chi connectivity index (χ1v) is 9.98. The van der Waals surface area contributed by atoms with Gasteiger partial charge in [-0.05, 0) is 55.0 Å². The normalized spacial score (nSPS) is 21.2. The highest BCUT2D eigenvalue weighted by atomic mass is 32.1. The fourth-order valence-electron chi connectivity index (χ4n) is 3.92. The van der Waals surface area contributed by atoms with Crippen molar-refractivity contribution < 1.29 is 13.6 Å². The third kappa shape index (κ3) is 2.75. The summed E-state index contributed by atoms with van der Waals surface area (Å²) in [5.41, 5.74) is 2.40. The van der Waals surface area contributed by atoms with E-state index in [2.05, 4.69) is 17.6 Å². The summed E-state index contributed by atoms with van der Waals surface area (Å²) in [5, 5.41) is 7.29. The monoisotopic (exact) mass is 382 g/mol. The maximum absolute atomic E-state index is 14.0. The van der Waals surface area contributed by atoms with Crippen LogP contribution in [-0.2, 0) is 12.8 Å². The van der Waals surface area contributed by atoms with Gasteiger partial charge in [-0.15, -0.1) is 11.3 Å². The molecule has 6 heteroatoms. The van der Waals surface area contributed by atoms with Gasteiger partial charge in [-0.2, -0.15) is 0 Å². The van der Waals surface area contributed by atoms with Crippen molar-refractivity contribution >= 4 is 22.2 Å². The average molecular weight is 382 g/mol. The Morgan fingerprint density at radius 3 is 2.89 bits per heavy atom. The zero-order valence-electron chi connectivity index (χ0n) is 14.8. The Morgan fingerprint density at radius 2 is 2.04 bits per heavy atom. The van der Waals surface area contributed by atoms with Crippen LogP contribution in [0.1, 0.15) is 46.1 Å². The lowest BCUT2D eigenvalue weighted by molar-refractivity contribution is 0.0930. The molecular formula is C21H19FN2O2S. The zero-order chi connectivity index (χ0) is 18.5. The highest BCUT2D eigenvalue weighted by molar-refractivity contribution is 7.16. The molecule has 2 aromatic heterocycles. The molecule has 0 bridgehead atoms. The molecule has 2 atom stereocenters. The molecule has 1 aliphatic carbocycles. The van der Waals surface area contributed by atoms with Crippen molar-refractivity contribution in [2.45, 2.75) is 32.4 Å². The summed E-state index contributed by atoms with van der Waals surface area (Å²) in [6.45, 7) is 2.26. The zero-order valence-corrected chi connectivity index (χ0v) is 15.7. The van der Waals surface area contributed by atoms with Crippen LogP contribution >= 0.6 is 11.3 Å². The number of fused-ring (bicyclic) bond motifs is 3. The van der Waals surface area contributed by atoms with Gasteiger partial charge in [0.25, 0.3) is 5.91 Å². The fourth-order valence-corrected chi connectivity index (χ4v) is 5.36. The predicted molar refractivity (Wildman–Crippen MR) is 103 cm³/mol. The van der Waals surface area contributed by atoms with Gasteiger partial charge < -0.3 is 15.1 Å². The Hall–Kier alpha value is -2.60. The van der Waals surface area contributed by atoms with Gasteiger partial charge in [0.2, 0.25) is 0 Å². The highest BCUT2D eigenvalue weighted by Gasteiger charge is 2.34. The molecule has 5 rings (SSSR count). The third-order valence-corrected chi connectivity index (χ3v) is 6.53. The molecule has 0 saturated heterocycles. The standard InChI is InChI=1S/C21H19FN2O2S/c1-11-6-7-13-17(10-11)27-21-18(13)20(25)23-19(24-21)16-9-8-15(26-16)12-4-2-3-5-14(12)22/h2-5,8-9,11,19,24H,6-7,10H2,1H3,(H,23,25)/t11-,19+/m1/s1. The number of amides is 1. The fraction of sp³-hybridized carbons (Fsp3) is 0.286. The second-order valence-corrected chi connectivity index (χ2v) is 8.39. The maximum Gasteiger partial charge on any atom is 0.256 e. The molecule has 0 spiro atoms. The number of hydrogen-bond donors (Lipinski definition) is 2. The first kappa shape index (κ1) is 16.6. The van der Waals surface area contributed by atoms with E-state index in [0.29, 0.717) is 23.0 Å². The smallest absolute Gasteiger partial charge is 0.256 e. The third-order valence-electron chi connectivity index (χ3n) is 5.34. The number of carbonyl (C=O) groups is 1. The number of benzene rings is 1. The van der Waals surface area contributed by atoms with Crippen LogP contribution in [0.5, 0.6) is 0 Å². The van der Waals surface area contributed by atoms with Crippen molar-refractivity contribution in [1.29, 1.82) is 0 Å². The first-order chi connectivity index (χ1) is 13.1. The number of carbonyl (C=O) groups excluding carboxylic acids is 1. The molecule has 0 unspecified atom stereocenters. The van der Waals surface area contributed by atoms with E-state index in [1.807, 2.05) is 0 Å². The second kappa shape index (κ2) is 6.23. The molecule has 1 aliphatic heterocycles. The Labute approximate surface area is 160 Å². The summed E-state index contributed by atoms with van der Waals surface area (Å²) in [6.07, 6.45) is 2.66. The maximum atomic E-state index is 14.0. The lowest BCUT2D eigenvalue weighted by atomic mass is 9.88. The molecule has 27 heavy (non-hydrogen) atoms. The molecule has 2 aliphatic rings. The number of rotatable bonds is 2. The molecule has 3 heterocycles. The Kier molecular flexibility index (Phi) is 3.82. The van der Waals surface area contributed by atoms with E-state index in [1.54, 1.807) is 41.7 Å². The Morgan fingerprint density at radius 1 is 1.19 bits per heavy atom. The van der Waals surface area contributed by atoms with E-state index in [1.165, 1.54) is 16.5 Å². The predicted octanol–water partition coefficient (Wildman–Crippen LogP) is 5.13. The summed E-state index contributed by atoms with van der Waals surface area (Å²) >= 11 is 1.68. The van der Waals surface area contributed by atoms with Crippen molar-refractivity contribution in [1.82, 2.24) is 5.32 Å². The first-order valence-electron chi connectivity index (χ1n) is 9.16. The topological polar surface area (TPSA) is 54.3 Å². The van der Waals surface area contributed by atoms with Gasteiger partial charge >= 0.3 is 0 Å². The minimum absolute atomic E-state index is 0.0651. The van der Waals surface area contributed by atoms with Gasteiger partial charge in [-0.25, -0.2) is 4.39 Å². The quantitative estimate of drug-likeness (QED) is 0.646. The summed E-state index contributed by atoms with van der Waals surface area (Å²) in [7, 11) is 0. The largest absolute Gasteiger partial charge is 0.457 e. The number of furan rings is 1. The number of anilines is 1. The minimum Gasteiger partial charge on any atom is -0.457 e. The highest BCUT2D eigenvalue weighted by Crippen LogP contribution is 2.43. The molecule has 138 valence electrons. The molecule has 0 saturated carbocycles. The van der Waals surface area contributed by atoms with Gasteiger partial charge in [-0.1, -0.05) is 19.1 Å². The molecule has 2 N–H and O–H groups in total. The van der Waals surface area contributed by atoms with Crippen molar-refractivity contribution in [3.05, 3.63) is 64.0 Å². The van der Waals surface area contributed by atoms with Crippen molar-refractivity contribution in [3.8, 4) is 11.3 Å². The van der Waals surface area contributed by atoms with Gasteiger partial charge in [0.15, 0.2) is 6.17 Å². The van der Waals surface area contributed by atoms with E-state index < -0.39 is 6.17 Å². The van der Waals surface area contributed by atoms with Crippen LogP contribution in [-0.4, -0.2) is 5.91 Å². The molecule has 1 aromatic carbocycles. The van der Waals surface area contributed by atoms with Gasteiger partial charge in [0.05, 0.1) is 11.1 Å². The minimum atomic E-state index is -0.456. The van der Waals surface area contributed by atoms with E-state index in [4.69, 9.17) is 4.42 Å². The Bertz CT molecular complexity index is 1040. The number of thiophene rings is 1. The van der Waals surface area contributed by atoms with Gasteiger partial charge in [0, 0.05) is 4.88 Å². The molecule has 3 aromatic rings. The molecule has 4 nitrogen and oxygen atoms in total. The van der Waals surface area contributed by atoms with Crippen LogP contribution in [0.4, 0.5) is 9.39 Å². The summed E-state index contributed by atoms with van der Waals surface area (Å²) in [6, 6.07) is 10.0. The van der Waals surface area contributed by atoms with Gasteiger partial charge in [0.1, 0.15) is 22.3 Å². The van der Waals surface area contributed by atoms with Crippen LogP contribution in [0.15, 0.2) is 40.8 Å². The van der Waals surface area contributed by atoms with Crippen LogP contribution < -0.4 is 10.6 Å². The number of halogens is 1. The molecule has 0 radical (unpaired) electrons. The molecule has 1 amide bonds. The average Bonchev–Trinajstić information content (AvgIpc) is 3.26. The van der Waals surface area contributed by atoms with Gasteiger partial charge in [-0.3, -0.25) is 4.79 Å². The number of nitrogens with one attached hydrogen (secondary N) is 2. The van der Waals surface area contributed by atoms with Crippen LogP contribution in [0.25, 0.3) is 11.3 Å². The molecule has 0 fully saturated rings. The molecular weight excluding hydrogens is 363 g/mol. The SMILES string of the molecule is C[C@@H]1CCc2c(sc3c2C(=O)N[C@H](c2ccc(-c4ccccc4F)o2)N3)C1. The van der Waals surface area contributed by atoms with Crippen molar-refractivity contribution in [3.63, 3.8) is 0 Å². The second-order valence-electron chi connectivity index (χ2n) is 7.29. The van der Waals surface area contributed by atoms with Crippen LogP contribution in [0, 0.1) is 11.7 Å². The van der Waals surface area contributed by atoms with E-state index in [9.17, 15) is 9.18 Å². The number of hydrogen-bond acceptors (Lipinski definition) is 4. The van der Waals surface area contributed by atoms with Crippen LogP contribution in [0.2, 0.25) is 0 Å². The van der Waals surface area contributed by atoms with E-state index >= 15 is 0 Å². The lowest BCUT2D eigenvalue weighted by Crippen LogP contribution is -2.38. The Balaban J connectivity index is 1.46. The van der Waals surface area contributed by atoms with E-state index in [0.717, 1.165) is 29.8 Å². The van der Waals surface area contributed by atoms with E-state index in [-0.39, 0.29) is 11.7 Å². The summed E-state index contributed by atoms with van der Waals surface area (Å²) < 4.78 is 19.9.